The number of carbonyl (C=O) groups is 1. The van der Waals surface area contributed by atoms with Gasteiger partial charge in [-0.25, -0.2) is 4.39 Å². The summed E-state index contributed by atoms with van der Waals surface area (Å²) in [4.78, 5) is 14.0. The maximum absolute atomic E-state index is 13.9. The number of piperidine rings is 1. The van der Waals surface area contributed by atoms with Crippen LogP contribution in [0.15, 0.2) is 18.2 Å². The summed E-state index contributed by atoms with van der Waals surface area (Å²) in [6, 6.07) is 4.33. The quantitative estimate of drug-likeness (QED) is 0.813. The van der Waals surface area contributed by atoms with Gasteiger partial charge in [-0.2, -0.15) is 0 Å². The van der Waals surface area contributed by atoms with Crippen molar-refractivity contribution in [3.63, 3.8) is 0 Å². The van der Waals surface area contributed by atoms with Crippen molar-refractivity contribution in [2.75, 3.05) is 33.0 Å². The molecule has 0 bridgehead atoms. The fourth-order valence-electron chi connectivity index (χ4n) is 2.32. The zero-order valence-electron chi connectivity index (χ0n) is 11.7. The normalized spacial score (nSPS) is 23.4. The highest BCUT2D eigenvalue weighted by molar-refractivity contribution is 5.95. The number of alkyl halides is 1. The SMILES string of the molecule is COc1cc(C(=O)N[C@@H]2CCN(C)C[C@@H]2F)ccc1N. The number of rotatable bonds is 3. The fraction of sp³-hybridized carbons (Fsp3) is 0.500. The van der Waals surface area contributed by atoms with E-state index in [9.17, 15) is 9.18 Å². The molecule has 6 heteroatoms. The predicted octanol–water partition coefficient (Wildman–Crippen LogP) is 1.05. The van der Waals surface area contributed by atoms with E-state index in [0.29, 0.717) is 30.0 Å². The van der Waals surface area contributed by atoms with Crippen molar-refractivity contribution < 1.29 is 13.9 Å². The number of halogens is 1. The highest BCUT2D eigenvalue weighted by Gasteiger charge is 2.29. The molecule has 0 radical (unpaired) electrons. The Bertz CT molecular complexity index is 495. The number of hydrogen-bond acceptors (Lipinski definition) is 4. The van der Waals surface area contributed by atoms with Crippen molar-refractivity contribution in [2.45, 2.75) is 18.6 Å². The third kappa shape index (κ3) is 3.19. The Hall–Kier alpha value is -1.82. The molecule has 1 fully saturated rings. The summed E-state index contributed by atoms with van der Waals surface area (Å²) in [5.74, 6) is 0.137. The van der Waals surface area contributed by atoms with Crippen molar-refractivity contribution in [2.24, 2.45) is 0 Å². The van der Waals surface area contributed by atoms with E-state index in [2.05, 4.69) is 5.32 Å². The smallest absolute Gasteiger partial charge is 0.251 e. The molecule has 1 aromatic carbocycles. The van der Waals surface area contributed by atoms with E-state index in [1.165, 1.54) is 7.11 Å². The van der Waals surface area contributed by atoms with Crippen LogP contribution in [-0.4, -0.2) is 50.3 Å². The monoisotopic (exact) mass is 281 g/mol. The number of nitrogens with two attached hydrogens (primary N) is 1. The molecule has 1 aromatic rings. The van der Waals surface area contributed by atoms with Gasteiger partial charge in [-0.05, 0) is 31.7 Å². The number of nitrogen functional groups attached to an aromatic ring is 1. The lowest BCUT2D eigenvalue weighted by atomic mass is 10.0. The van der Waals surface area contributed by atoms with E-state index >= 15 is 0 Å². The molecule has 1 amide bonds. The highest BCUT2D eigenvalue weighted by atomic mass is 19.1. The molecule has 0 unspecified atom stereocenters. The lowest BCUT2D eigenvalue weighted by Gasteiger charge is -2.32. The van der Waals surface area contributed by atoms with Gasteiger partial charge in [0.1, 0.15) is 11.9 Å². The first-order chi connectivity index (χ1) is 9.51. The second kappa shape index (κ2) is 6.09. The summed E-state index contributed by atoms with van der Waals surface area (Å²) in [6.45, 7) is 1.12. The molecule has 2 rings (SSSR count). The van der Waals surface area contributed by atoms with E-state index in [4.69, 9.17) is 10.5 Å². The molecule has 1 heterocycles. The van der Waals surface area contributed by atoms with Crippen molar-refractivity contribution >= 4 is 11.6 Å². The number of hydrogen-bond donors (Lipinski definition) is 2. The third-order valence-electron chi connectivity index (χ3n) is 3.56. The largest absolute Gasteiger partial charge is 0.495 e. The van der Waals surface area contributed by atoms with Gasteiger partial charge in [0, 0.05) is 18.7 Å². The molecule has 110 valence electrons. The third-order valence-corrected chi connectivity index (χ3v) is 3.56. The van der Waals surface area contributed by atoms with Crippen molar-refractivity contribution in [1.29, 1.82) is 0 Å². The average Bonchev–Trinajstić information content (AvgIpc) is 2.42. The maximum Gasteiger partial charge on any atom is 0.251 e. The highest BCUT2D eigenvalue weighted by Crippen LogP contribution is 2.22. The first kappa shape index (κ1) is 14.6. The Kier molecular flexibility index (Phi) is 4.44. The van der Waals surface area contributed by atoms with Crippen LogP contribution in [0, 0.1) is 0 Å². The van der Waals surface area contributed by atoms with Crippen LogP contribution in [0.2, 0.25) is 0 Å². The fourth-order valence-corrected chi connectivity index (χ4v) is 2.32. The Morgan fingerprint density at radius 1 is 1.55 bits per heavy atom. The van der Waals surface area contributed by atoms with Crippen LogP contribution in [0.4, 0.5) is 10.1 Å². The standard InChI is InChI=1S/C14H20FN3O2/c1-18-6-5-12(10(15)8-18)17-14(19)9-3-4-11(16)13(7-9)20-2/h3-4,7,10,12H,5-6,8,16H2,1-2H3,(H,17,19)/t10-,12+/m0/s1. The molecular weight excluding hydrogens is 261 g/mol. The first-order valence-corrected chi connectivity index (χ1v) is 6.58. The molecular formula is C14H20FN3O2. The van der Waals surface area contributed by atoms with Crippen LogP contribution in [0.25, 0.3) is 0 Å². The number of ether oxygens (including phenoxy) is 1. The van der Waals surface area contributed by atoms with Crippen molar-refractivity contribution in [3.8, 4) is 5.75 Å². The average molecular weight is 281 g/mol. The van der Waals surface area contributed by atoms with E-state index < -0.39 is 12.2 Å². The summed E-state index contributed by atoms with van der Waals surface area (Å²) in [5.41, 5.74) is 6.58. The van der Waals surface area contributed by atoms with E-state index in [0.717, 1.165) is 6.54 Å². The van der Waals surface area contributed by atoms with Gasteiger partial charge >= 0.3 is 0 Å². The lowest BCUT2D eigenvalue weighted by Crippen LogP contribution is -2.51. The zero-order chi connectivity index (χ0) is 14.7. The van der Waals surface area contributed by atoms with Crippen LogP contribution in [0.3, 0.4) is 0 Å². The van der Waals surface area contributed by atoms with Gasteiger partial charge in [0.2, 0.25) is 0 Å². The topological polar surface area (TPSA) is 67.6 Å². The van der Waals surface area contributed by atoms with Crippen LogP contribution < -0.4 is 15.8 Å². The zero-order valence-corrected chi connectivity index (χ0v) is 11.7. The van der Waals surface area contributed by atoms with Crippen LogP contribution in [-0.2, 0) is 0 Å². The Morgan fingerprint density at radius 3 is 2.95 bits per heavy atom. The summed E-state index contributed by atoms with van der Waals surface area (Å²) in [7, 11) is 3.36. The number of anilines is 1. The molecule has 0 saturated carbocycles. The van der Waals surface area contributed by atoms with Gasteiger partial charge < -0.3 is 20.7 Å². The van der Waals surface area contributed by atoms with Gasteiger partial charge in [0.25, 0.3) is 5.91 Å². The van der Waals surface area contributed by atoms with Crippen LogP contribution >= 0.6 is 0 Å². The van der Waals surface area contributed by atoms with Crippen molar-refractivity contribution in [1.82, 2.24) is 10.2 Å². The molecule has 1 aliphatic rings. The maximum atomic E-state index is 13.9. The number of nitrogens with zero attached hydrogens (tertiary/aromatic N) is 1. The predicted molar refractivity (Wildman–Crippen MR) is 75.7 cm³/mol. The molecule has 0 aromatic heterocycles. The number of nitrogens with one attached hydrogen (secondary N) is 1. The second-order valence-corrected chi connectivity index (χ2v) is 5.10. The number of methoxy groups -OCH3 is 1. The molecule has 2 atom stereocenters. The lowest BCUT2D eigenvalue weighted by molar-refractivity contribution is 0.0821. The number of carbonyl (C=O) groups excluding carboxylic acids is 1. The number of amides is 1. The van der Waals surface area contributed by atoms with Gasteiger partial charge in [0.05, 0.1) is 18.8 Å². The van der Waals surface area contributed by atoms with Crippen molar-refractivity contribution in [3.05, 3.63) is 23.8 Å². The van der Waals surface area contributed by atoms with E-state index in [1.54, 1.807) is 18.2 Å². The summed E-state index contributed by atoms with van der Waals surface area (Å²) in [5, 5.41) is 2.74. The second-order valence-electron chi connectivity index (χ2n) is 5.10. The first-order valence-electron chi connectivity index (χ1n) is 6.58. The minimum absolute atomic E-state index is 0.305. The number of benzene rings is 1. The Morgan fingerprint density at radius 2 is 2.30 bits per heavy atom. The summed E-state index contributed by atoms with van der Waals surface area (Å²) < 4.78 is 19.0. The molecule has 3 N–H and O–H groups in total. The van der Waals surface area contributed by atoms with Crippen LogP contribution in [0.1, 0.15) is 16.8 Å². The van der Waals surface area contributed by atoms with Gasteiger partial charge in [-0.3, -0.25) is 4.79 Å². The van der Waals surface area contributed by atoms with Crippen LogP contribution in [0.5, 0.6) is 5.75 Å². The Labute approximate surface area is 117 Å². The van der Waals surface area contributed by atoms with Gasteiger partial charge in [-0.15, -0.1) is 0 Å². The summed E-state index contributed by atoms with van der Waals surface area (Å²) in [6.07, 6.45) is -0.441. The minimum Gasteiger partial charge on any atom is -0.495 e. The molecule has 0 spiro atoms. The number of likely N-dealkylation sites (tertiary alicyclic amines) is 1. The Balaban J connectivity index is 2.05. The molecule has 5 nitrogen and oxygen atoms in total. The summed E-state index contributed by atoms with van der Waals surface area (Å²) >= 11 is 0. The van der Waals surface area contributed by atoms with Gasteiger partial charge in [0.15, 0.2) is 0 Å². The van der Waals surface area contributed by atoms with E-state index in [1.807, 2.05) is 11.9 Å². The van der Waals surface area contributed by atoms with E-state index in [-0.39, 0.29) is 5.91 Å². The minimum atomic E-state index is -1.05. The van der Waals surface area contributed by atoms with Gasteiger partial charge in [-0.1, -0.05) is 0 Å². The molecule has 20 heavy (non-hydrogen) atoms. The molecule has 1 saturated heterocycles. The molecule has 0 aliphatic carbocycles. The molecule has 1 aliphatic heterocycles.